The molecule has 0 saturated heterocycles. The first kappa shape index (κ1) is 16.9. The number of hydrogen-bond acceptors (Lipinski definition) is 3. The zero-order valence-corrected chi connectivity index (χ0v) is 16.0. The molecule has 4 nitrogen and oxygen atoms in total. The number of anilines is 1. The lowest BCUT2D eigenvalue weighted by molar-refractivity contribution is 0.102. The standard InChI is InChI=1S/C21H21N3OS/c1-13-4-8-17(9-5-13)24-20(18-11-26-12-19(18)23-24)22-21(25)16-7-6-14(2)15(3)10-16/h4-10H,11-12H2,1-3H3,(H,22,25). The molecular weight excluding hydrogens is 342 g/mol. The molecule has 132 valence electrons. The molecule has 4 rings (SSSR count). The third-order valence-electron chi connectivity index (χ3n) is 4.83. The van der Waals surface area contributed by atoms with Gasteiger partial charge in [0.25, 0.3) is 5.91 Å². The number of nitrogens with one attached hydrogen (secondary N) is 1. The Labute approximate surface area is 157 Å². The highest BCUT2D eigenvalue weighted by Gasteiger charge is 2.25. The quantitative estimate of drug-likeness (QED) is 0.727. The molecule has 2 heterocycles. The number of carbonyl (C=O) groups is 1. The first-order chi connectivity index (χ1) is 12.5. The Morgan fingerprint density at radius 2 is 1.81 bits per heavy atom. The van der Waals surface area contributed by atoms with Crippen LogP contribution in [0.3, 0.4) is 0 Å². The molecule has 0 radical (unpaired) electrons. The highest BCUT2D eigenvalue weighted by molar-refractivity contribution is 7.98. The Morgan fingerprint density at radius 3 is 2.54 bits per heavy atom. The summed E-state index contributed by atoms with van der Waals surface area (Å²) in [6, 6.07) is 14.0. The van der Waals surface area contributed by atoms with Crippen molar-refractivity contribution in [3.05, 3.63) is 76.0 Å². The fourth-order valence-corrected chi connectivity index (χ4v) is 4.11. The summed E-state index contributed by atoms with van der Waals surface area (Å²) in [5, 5.41) is 7.87. The average molecular weight is 363 g/mol. The SMILES string of the molecule is Cc1ccc(-n2nc3c(c2NC(=O)c2ccc(C)c(C)c2)CSC3)cc1. The van der Waals surface area contributed by atoms with Crippen LogP contribution in [0.1, 0.15) is 38.3 Å². The van der Waals surface area contributed by atoms with Crippen molar-refractivity contribution in [2.75, 3.05) is 5.32 Å². The number of aryl methyl sites for hydroxylation is 3. The molecule has 0 spiro atoms. The van der Waals surface area contributed by atoms with Gasteiger partial charge in [-0.05, 0) is 56.2 Å². The van der Waals surface area contributed by atoms with Gasteiger partial charge in [-0.25, -0.2) is 4.68 Å². The van der Waals surface area contributed by atoms with E-state index in [1.807, 2.05) is 60.6 Å². The van der Waals surface area contributed by atoms with E-state index in [9.17, 15) is 4.79 Å². The Kier molecular flexibility index (Phi) is 4.32. The van der Waals surface area contributed by atoms with Crippen molar-refractivity contribution in [1.29, 1.82) is 0 Å². The van der Waals surface area contributed by atoms with Crippen molar-refractivity contribution in [2.45, 2.75) is 32.3 Å². The fraction of sp³-hybridized carbons (Fsp3) is 0.238. The minimum atomic E-state index is -0.0962. The van der Waals surface area contributed by atoms with E-state index >= 15 is 0 Å². The summed E-state index contributed by atoms with van der Waals surface area (Å²) in [5.41, 5.74) is 7.33. The summed E-state index contributed by atoms with van der Waals surface area (Å²) >= 11 is 1.83. The van der Waals surface area contributed by atoms with Crippen LogP contribution in [0.2, 0.25) is 0 Å². The van der Waals surface area contributed by atoms with E-state index in [1.165, 1.54) is 11.1 Å². The minimum Gasteiger partial charge on any atom is -0.306 e. The number of benzene rings is 2. The van der Waals surface area contributed by atoms with Gasteiger partial charge in [-0.3, -0.25) is 4.79 Å². The molecule has 26 heavy (non-hydrogen) atoms. The lowest BCUT2D eigenvalue weighted by atomic mass is 10.1. The van der Waals surface area contributed by atoms with Crippen LogP contribution in [0.5, 0.6) is 0 Å². The van der Waals surface area contributed by atoms with Crippen LogP contribution in [0.4, 0.5) is 5.82 Å². The number of carbonyl (C=O) groups excluding carboxylic acids is 1. The number of rotatable bonds is 3. The highest BCUT2D eigenvalue weighted by atomic mass is 32.2. The molecule has 0 aliphatic carbocycles. The maximum Gasteiger partial charge on any atom is 0.256 e. The number of hydrogen-bond donors (Lipinski definition) is 1. The molecule has 5 heteroatoms. The summed E-state index contributed by atoms with van der Waals surface area (Å²) in [6.07, 6.45) is 0. The molecule has 1 N–H and O–H groups in total. The molecule has 0 atom stereocenters. The Balaban J connectivity index is 1.72. The normalized spacial score (nSPS) is 12.9. The van der Waals surface area contributed by atoms with Gasteiger partial charge in [0.2, 0.25) is 0 Å². The Bertz CT molecular complexity index is 989. The van der Waals surface area contributed by atoms with Gasteiger partial charge in [-0.2, -0.15) is 16.9 Å². The molecule has 0 unspecified atom stereocenters. The van der Waals surface area contributed by atoms with Gasteiger partial charge in [0.05, 0.1) is 11.4 Å². The molecular formula is C21H21N3OS. The first-order valence-corrected chi connectivity index (χ1v) is 9.82. The summed E-state index contributed by atoms with van der Waals surface area (Å²) in [4.78, 5) is 12.9. The van der Waals surface area contributed by atoms with E-state index in [1.54, 1.807) is 0 Å². The summed E-state index contributed by atoms with van der Waals surface area (Å²) < 4.78 is 1.86. The molecule has 3 aromatic rings. The maximum atomic E-state index is 12.9. The predicted octanol–water partition coefficient (Wildman–Crippen LogP) is 4.80. The van der Waals surface area contributed by atoms with E-state index in [0.717, 1.165) is 39.8 Å². The summed E-state index contributed by atoms with van der Waals surface area (Å²) in [7, 11) is 0. The van der Waals surface area contributed by atoms with Gasteiger partial charge in [-0.1, -0.05) is 23.8 Å². The minimum absolute atomic E-state index is 0.0962. The van der Waals surface area contributed by atoms with Gasteiger partial charge in [0.15, 0.2) is 0 Å². The first-order valence-electron chi connectivity index (χ1n) is 8.67. The van der Waals surface area contributed by atoms with Crippen molar-refractivity contribution >= 4 is 23.5 Å². The van der Waals surface area contributed by atoms with Crippen LogP contribution < -0.4 is 5.32 Å². The molecule has 0 saturated carbocycles. The van der Waals surface area contributed by atoms with Gasteiger partial charge >= 0.3 is 0 Å². The van der Waals surface area contributed by atoms with Crippen LogP contribution in [-0.2, 0) is 11.5 Å². The zero-order valence-electron chi connectivity index (χ0n) is 15.2. The van der Waals surface area contributed by atoms with Crippen molar-refractivity contribution in [3.8, 4) is 5.69 Å². The lowest BCUT2D eigenvalue weighted by Crippen LogP contribution is -2.16. The van der Waals surface area contributed by atoms with Crippen molar-refractivity contribution in [2.24, 2.45) is 0 Å². The molecule has 1 aromatic heterocycles. The monoisotopic (exact) mass is 363 g/mol. The van der Waals surface area contributed by atoms with Crippen LogP contribution >= 0.6 is 11.8 Å². The van der Waals surface area contributed by atoms with E-state index in [-0.39, 0.29) is 5.91 Å². The second-order valence-corrected chi connectivity index (χ2v) is 7.75. The van der Waals surface area contributed by atoms with Crippen LogP contribution in [-0.4, -0.2) is 15.7 Å². The van der Waals surface area contributed by atoms with E-state index < -0.39 is 0 Å². The number of thioether (sulfide) groups is 1. The van der Waals surface area contributed by atoms with E-state index in [0.29, 0.717) is 5.56 Å². The molecule has 0 bridgehead atoms. The second-order valence-electron chi connectivity index (χ2n) is 6.77. The molecule has 1 aliphatic heterocycles. The van der Waals surface area contributed by atoms with Gasteiger partial charge < -0.3 is 5.32 Å². The zero-order chi connectivity index (χ0) is 18.3. The second kappa shape index (κ2) is 6.65. The van der Waals surface area contributed by atoms with Gasteiger partial charge in [-0.15, -0.1) is 0 Å². The smallest absolute Gasteiger partial charge is 0.256 e. The molecule has 0 fully saturated rings. The van der Waals surface area contributed by atoms with E-state index in [2.05, 4.69) is 24.4 Å². The summed E-state index contributed by atoms with van der Waals surface area (Å²) in [5.74, 6) is 2.46. The van der Waals surface area contributed by atoms with Gasteiger partial charge in [0, 0.05) is 22.6 Å². The largest absolute Gasteiger partial charge is 0.306 e. The third kappa shape index (κ3) is 3.03. The molecule has 2 aromatic carbocycles. The third-order valence-corrected chi connectivity index (χ3v) is 5.80. The predicted molar refractivity (Wildman–Crippen MR) is 107 cm³/mol. The fourth-order valence-electron chi connectivity index (χ4n) is 3.08. The maximum absolute atomic E-state index is 12.9. The van der Waals surface area contributed by atoms with Crippen LogP contribution in [0, 0.1) is 20.8 Å². The number of aromatic nitrogens is 2. The topological polar surface area (TPSA) is 46.9 Å². The number of nitrogens with zero attached hydrogens (tertiary/aromatic N) is 2. The summed E-state index contributed by atoms with van der Waals surface area (Å²) in [6.45, 7) is 6.14. The van der Waals surface area contributed by atoms with Crippen LogP contribution in [0.25, 0.3) is 5.69 Å². The van der Waals surface area contributed by atoms with Crippen molar-refractivity contribution < 1.29 is 4.79 Å². The van der Waals surface area contributed by atoms with Crippen LogP contribution in [0.15, 0.2) is 42.5 Å². The Hall–Kier alpha value is -2.53. The van der Waals surface area contributed by atoms with E-state index in [4.69, 9.17) is 5.10 Å². The number of fused-ring (bicyclic) bond motifs is 1. The Morgan fingerprint density at radius 1 is 1.04 bits per heavy atom. The molecule has 1 aliphatic rings. The van der Waals surface area contributed by atoms with Crippen molar-refractivity contribution in [1.82, 2.24) is 9.78 Å². The van der Waals surface area contributed by atoms with Gasteiger partial charge in [0.1, 0.15) is 5.82 Å². The lowest BCUT2D eigenvalue weighted by Gasteiger charge is -2.12. The average Bonchev–Trinajstić information content (AvgIpc) is 3.21. The van der Waals surface area contributed by atoms with Crippen molar-refractivity contribution in [3.63, 3.8) is 0 Å². The highest BCUT2D eigenvalue weighted by Crippen LogP contribution is 2.36. The number of amides is 1. The molecule has 1 amide bonds.